The monoisotopic (exact) mass is 472 g/mol. The molecule has 0 aromatic heterocycles. The number of fused-ring (bicyclic) bond motifs is 1. The minimum atomic E-state index is -0.429. The van der Waals surface area contributed by atoms with Crippen LogP contribution in [0.5, 0.6) is 0 Å². The van der Waals surface area contributed by atoms with E-state index < -0.39 is 11.7 Å². The SMILES string of the molecule is CCN1c2cc(F)c(/C=C3/SC(=O)N(Cc4ccccc4Cl)C3=O)cc2C(C)CC1(C)C. The van der Waals surface area contributed by atoms with Crippen LogP contribution in [0.4, 0.5) is 14.9 Å². The molecule has 32 heavy (non-hydrogen) atoms. The van der Waals surface area contributed by atoms with Crippen molar-refractivity contribution in [3.63, 3.8) is 0 Å². The van der Waals surface area contributed by atoms with E-state index >= 15 is 4.39 Å². The van der Waals surface area contributed by atoms with Crippen LogP contribution in [0.25, 0.3) is 6.08 Å². The van der Waals surface area contributed by atoms with Crippen molar-refractivity contribution in [3.8, 4) is 0 Å². The van der Waals surface area contributed by atoms with Gasteiger partial charge < -0.3 is 4.90 Å². The summed E-state index contributed by atoms with van der Waals surface area (Å²) in [4.78, 5) is 29.0. The minimum Gasteiger partial charge on any atom is -0.366 e. The first-order valence-corrected chi connectivity index (χ1v) is 11.9. The van der Waals surface area contributed by atoms with Gasteiger partial charge in [0.25, 0.3) is 11.1 Å². The van der Waals surface area contributed by atoms with E-state index in [1.807, 2.05) is 6.07 Å². The van der Waals surface area contributed by atoms with Gasteiger partial charge in [0.05, 0.1) is 11.4 Å². The molecule has 0 bridgehead atoms. The van der Waals surface area contributed by atoms with Crippen LogP contribution in [0.15, 0.2) is 41.3 Å². The molecular formula is C25H26ClFN2O2S. The molecule has 1 saturated heterocycles. The molecule has 0 spiro atoms. The van der Waals surface area contributed by atoms with Gasteiger partial charge in [0, 0.05) is 28.4 Å². The van der Waals surface area contributed by atoms with Gasteiger partial charge in [-0.15, -0.1) is 0 Å². The highest BCUT2D eigenvalue weighted by Crippen LogP contribution is 2.44. The van der Waals surface area contributed by atoms with E-state index in [9.17, 15) is 9.59 Å². The number of imide groups is 1. The van der Waals surface area contributed by atoms with Crippen LogP contribution in [-0.2, 0) is 11.3 Å². The van der Waals surface area contributed by atoms with Crippen LogP contribution in [0.3, 0.4) is 0 Å². The van der Waals surface area contributed by atoms with Gasteiger partial charge in [-0.1, -0.05) is 36.7 Å². The Kier molecular flexibility index (Phi) is 6.12. The number of carbonyl (C=O) groups excluding carboxylic acids is 2. The second-order valence-corrected chi connectivity index (χ2v) is 10.4. The molecule has 1 fully saturated rings. The van der Waals surface area contributed by atoms with Crippen molar-refractivity contribution in [2.45, 2.75) is 52.1 Å². The predicted molar refractivity (Wildman–Crippen MR) is 129 cm³/mol. The molecule has 2 amide bonds. The summed E-state index contributed by atoms with van der Waals surface area (Å²) >= 11 is 7.02. The van der Waals surface area contributed by atoms with Gasteiger partial charge in [0.1, 0.15) is 5.82 Å². The maximum atomic E-state index is 15.1. The number of carbonyl (C=O) groups is 2. The molecule has 2 aliphatic heterocycles. The van der Waals surface area contributed by atoms with E-state index in [0.29, 0.717) is 16.1 Å². The maximum Gasteiger partial charge on any atom is 0.293 e. The first kappa shape index (κ1) is 22.9. The van der Waals surface area contributed by atoms with Gasteiger partial charge in [-0.2, -0.15) is 0 Å². The smallest absolute Gasteiger partial charge is 0.293 e. The largest absolute Gasteiger partial charge is 0.366 e. The highest BCUT2D eigenvalue weighted by Gasteiger charge is 2.38. The Morgan fingerprint density at radius 3 is 2.66 bits per heavy atom. The number of nitrogens with zero attached hydrogens (tertiary/aromatic N) is 2. The third-order valence-electron chi connectivity index (χ3n) is 6.27. The first-order valence-electron chi connectivity index (χ1n) is 10.7. The number of hydrogen-bond donors (Lipinski definition) is 0. The number of amides is 2. The van der Waals surface area contributed by atoms with Crippen LogP contribution in [0, 0.1) is 5.82 Å². The molecule has 2 heterocycles. The summed E-state index contributed by atoms with van der Waals surface area (Å²) in [6, 6.07) is 10.5. The van der Waals surface area contributed by atoms with Gasteiger partial charge in [-0.3, -0.25) is 14.5 Å². The fourth-order valence-corrected chi connectivity index (χ4v) is 5.83. The van der Waals surface area contributed by atoms with E-state index in [-0.39, 0.29) is 28.1 Å². The lowest BCUT2D eigenvalue weighted by atomic mass is 9.79. The van der Waals surface area contributed by atoms with Crippen LogP contribution < -0.4 is 4.90 Å². The van der Waals surface area contributed by atoms with E-state index in [4.69, 9.17) is 11.6 Å². The molecule has 1 unspecified atom stereocenters. The number of benzene rings is 2. The Bertz CT molecular complexity index is 1130. The zero-order chi connectivity index (χ0) is 23.2. The van der Waals surface area contributed by atoms with Gasteiger partial charge in [-0.05, 0) is 80.3 Å². The molecule has 7 heteroatoms. The lowest BCUT2D eigenvalue weighted by molar-refractivity contribution is -0.123. The van der Waals surface area contributed by atoms with Gasteiger partial charge in [0.2, 0.25) is 0 Å². The van der Waals surface area contributed by atoms with E-state index in [1.165, 1.54) is 6.08 Å². The molecule has 0 N–H and O–H groups in total. The number of anilines is 1. The topological polar surface area (TPSA) is 40.6 Å². The predicted octanol–water partition coefficient (Wildman–Crippen LogP) is 6.83. The van der Waals surface area contributed by atoms with Crippen molar-refractivity contribution in [1.29, 1.82) is 0 Å². The normalized spacial score (nSPS) is 21.4. The summed E-state index contributed by atoms with van der Waals surface area (Å²) in [6.07, 6.45) is 2.45. The van der Waals surface area contributed by atoms with Gasteiger partial charge >= 0.3 is 0 Å². The molecule has 0 aliphatic carbocycles. The summed E-state index contributed by atoms with van der Waals surface area (Å²) in [6.45, 7) is 9.45. The second kappa shape index (κ2) is 8.56. The van der Waals surface area contributed by atoms with Crippen molar-refractivity contribution >= 4 is 46.3 Å². The molecule has 2 aromatic carbocycles. The lowest BCUT2D eigenvalue weighted by Crippen LogP contribution is -2.48. The second-order valence-electron chi connectivity index (χ2n) is 8.95. The lowest BCUT2D eigenvalue weighted by Gasteiger charge is -2.47. The fourth-order valence-electron chi connectivity index (χ4n) is 4.80. The van der Waals surface area contributed by atoms with E-state index in [1.54, 1.807) is 30.3 Å². The summed E-state index contributed by atoms with van der Waals surface area (Å²) < 4.78 is 15.1. The number of halogens is 2. The zero-order valence-electron chi connectivity index (χ0n) is 18.6. The van der Waals surface area contributed by atoms with Crippen LogP contribution in [-0.4, -0.2) is 28.1 Å². The standard InChI is InChI=1S/C25H26ClFN2O2S/c1-5-29-21-12-20(27)17(10-18(21)15(2)13-25(29,3)4)11-22-23(30)28(24(31)32-22)14-16-8-6-7-9-19(16)26/h6-12,15H,5,13-14H2,1-4H3/b22-11+. The van der Waals surface area contributed by atoms with Crippen LogP contribution >= 0.6 is 23.4 Å². The maximum absolute atomic E-state index is 15.1. The average molecular weight is 473 g/mol. The van der Waals surface area contributed by atoms with Crippen molar-refractivity contribution in [2.24, 2.45) is 0 Å². The fraction of sp³-hybridized carbons (Fsp3) is 0.360. The third kappa shape index (κ3) is 4.06. The summed E-state index contributed by atoms with van der Waals surface area (Å²) in [5, 5.41) is 0.112. The molecule has 4 nitrogen and oxygen atoms in total. The first-order chi connectivity index (χ1) is 15.1. The molecule has 2 aromatic rings. The summed E-state index contributed by atoms with van der Waals surface area (Å²) in [5.41, 5.74) is 2.92. The highest BCUT2D eigenvalue weighted by atomic mass is 35.5. The Labute approximate surface area is 197 Å². The van der Waals surface area contributed by atoms with Crippen LogP contribution in [0.1, 0.15) is 56.7 Å². The Morgan fingerprint density at radius 1 is 1.25 bits per heavy atom. The molecule has 4 rings (SSSR count). The molecule has 0 radical (unpaired) electrons. The molecule has 0 saturated carbocycles. The van der Waals surface area contributed by atoms with Crippen molar-refractivity contribution < 1.29 is 14.0 Å². The molecule has 2 aliphatic rings. The van der Waals surface area contributed by atoms with Crippen molar-refractivity contribution in [2.75, 3.05) is 11.4 Å². The average Bonchev–Trinajstić information content (AvgIpc) is 2.98. The van der Waals surface area contributed by atoms with E-state index in [2.05, 4.69) is 32.6 Å². The van der Waals surface area contributed by atoms with Crippen molar-refractivity contribution in [3.05, 3.63) is 68.8 Å². The summed E-state index contributed by atoms with van der Waals surface area (Å²) in [7, 11) is 0. The van der Waals surface area contributed by atoms with E-state index in [0.717, 1.165) is 40.9 Å². The number of thioether (sulfide) groups is 1. The zero-order valence-corrected chi connectivity index (χ0v) is 20.2. The third-order valence-corrected chi connectivity index (χ3v) is 7.54. The number of rotatable bonds is 4. The van der Waals surface area contributed by atoms with Crippen molar-refractivity contribution in [1.82, 2.24) is 4.90 Å². The number of hydrogen-bond acceptors (Lipinski definition) is 4. The Balaban J connectivity index is 1.66. The summed E-state index contributed by atoms with van der Waals surface area (Å²) in [5.74, 6) is -0.572. The molecule has 168 valence electrons. The Hall–Kier alpha value is -2.31. The minimum absolute atomic E-state index is 0.0590. The van der Waals surface area contributed by atoms with Crippen LogP contribution in [0.2, 0.25) is 5.02 Å². The quantitative estimate of drug-likeness (QED) is 0.457. The highest BCUT2D eigenvalue weighted by molar-refractivity contribution is 8.18. The molecular weight excluding hydrogens is 447 g/mol. The van der Waals surface area contributed by atoms with Gasteiger partial charge in [0.15, 0.2) is 0 Å². The molecule has 1 atom stereocenters. The Morgan fingerprint density at radius 2 is 1.97 bits per heavy atom. The van der Waals surface area contributed by atoms with Gasteiger partial charge in [-0.25, -0.2) is 4.39 Å².